The highest BCUT2D eigenvalue weighted by Crippen LogP contribution is 2.29. The number of carbonyl (C=O) groups is 3. The lowest BCUT2D eigenvalue weighted by atomic mass is 10.1. The minimum absolute atomic E-state index is 0.306. The molecule has 1 N–H and O–H groups in total. The molecule has 3 amide bonds. The number of hydrogen-bond acceptors (Lipinski definition) is 4. The summed E-state index contributed by atoms with van der Waals surface area (Å²) in [5, 5.41) is 2.81. The fraction of sp³-hybridized carbons (Fsp3) is 0.0870. The fourth-order valence-corrected chi connectivity index (χ4v) is 3.42. The van der Waals surface area contributed by atoms with Crippen molar-refractivity contribution < 1.29 is 19.1 Å². The number of imide groups is 1. The smallest absolute Gasteiger partial charge is 0.266 e. The molecule has 0 unspecified atom stereocenters. The summed E-state index contributed by atoms with van der Waals surface area (Å²) in [6, 6.07) is 18.6. The lowest BCUT2D eigenvalue weighted by molar-refractivity contribution is 0.0924. The normalized spacial score (nSPS) is 12.7. The van der Waals surface area contributed by atoms with Gasteiger partial charge >= 0.3 is 0 Å². The van der Waals surface area contributed by atoms with E-state index in [0.717, 1.165) is 10.5 Å². The van der Waals surface area contributed by atoms with Crippen molar-refractivity contribution in [2.75, 3.05) is 17.3 Å². The van der Waals surface area contributed by atoms with Gasteiger partial charge in [0.2, 0.25) is 0 Å². The van der Waals surface area contributed by atoms with E-state index in [-0.39, 0.29) is 17.7 Å². The summed E-state index contributed by atoms with van der Waals surface area (Å²) in [6.07, 6.45) is 0. The van der Waals surface area contributed by atoms with Crippen LogP contribution in [0.4, 0.5) is 11.4 Å². The van der Waals surface area contributed by atoms with Crippen LogP contribution in [0.15, 0.2) is 66.7 Å². The predicted molar refractivity (Wildman–Crippen MR) is 110 cm³/mol. The molecule has 0 saturated heterocycles. The zero-order valence-electron chi connectivity index (χ0n) is 15.9. The van der Waals surface area contributed by atoms with Gasteiger partial charge in [-0.2, -0.15) is 0 Å². The van der Waals surface area contributed by atoms with Gasteiger partial charge in [0.1, 0.15) is 5.75 Å². The Bertz CT molecular complexity index is 1100. The lowest BCUT2D eigenvalue weighted by Crippen LogP contribution is -2.29. The number of ether oxygens (including phenoxy) is 1. The van der Waals surface area contributed by atoms with Gasteiger partial charge in [-0.3, -0.25) is 14.4 Å². The van der Waals surface area contributed by atoms with Gasteiger partial charge in [0.25, 0.3) is 17.7 Å². The number of carbonyl (C=O) groups excluding carboxylic acids is 3. The second kappa shape index (κ2) is 7.24. The SMILES string of the molecule is COc1c(C)cccc1C(=O)Nc1ccc(N2C(=O)c3ccccc3C2=O)cc1. The molecule has 0 atom stereocenters. The number of hydrogen-bond donors (Lipinski definition) is 1. The third-order valence-electron chi connectivity index (χ3n) is 4.84. The van der Waals surface area contributed by atoms with Crippen LogP contribution in [0.5, 0.6) is 5.75 Å². The molecule has 1 heterocycles. The first-order chi connectivity index (χ1) is 14.0. The van der Waals surface area contributed by atoms with Crippen molar-refractivity contribution in [3.63, 3.8) is 0 Å². The minimum atomic E-state index is -0.355. The van der Waals surface area contributed by atoms with E-state index in [9.17, 15) is 14.4 Å². The zero-order valence-corrected chi connectivity index (χ0v) is 15.9. The Labute approximate surface area is 167 Å². The summed E-state index contributed by atoms with van der Waals surface area (Å²) in [6.45, 7) is 1.87. The first-order valence-electron chi connectivity index (χ1n) is 9.04. The number of anilines is 2. The average Bonchev–Trinajstić information content (AvgIpc) is 2.99. The van der Waals surface area contributed by atoms with E-state index in [1.165, 1.54) is 7.11 Å². The second-order valence-corrected chi connectivity index (χ2v) is 6.65. The van der Waals surface area contributed by atoms with Crippen LogP contribution < -0.4 is 15.0 Å². The van der Waals surface area contributed by atoms with Crippen LogP contribution in [0.2, 0.25) is 0 Å². The summed E-state index contributed by atoms with van der Waals surface area (Å²) >= 11 is 0. The van der Waals surface area contributed by atoms with E-state index in [2.05, 4.69) is 5.32 Å². The van der Waals surface area contributed by atoms with Gasteiger partial charge in [-0.05, 0) is 55.0 Å². The van der Waals surface area contributed by atoms with Gasteiger partial charge in [-0.15, -0.1) is 0 Å². The van der Waals surface area contributed by atoms with Gasteiger partial charge in [0, 0.05) is 5.69 Å². The van der Waals surface area contributed by atoms with Crippen molar-refractivity contribution in [1.29, 1.82) is 0 Å². The molecule has 4 rings (SSSR count). The Morgan fingerprint density at radius 2 is 1.48 bits per heavy atom. The predicted octanol–water partition coefficient (Wildman–Crippen LogP) is 4.06. The van der Waals surface area contributed by atoms with E-state index in [1.54, 1.807) is 60.7 Å². The Morgan fingerprint density at radius 1 is 0.862 bits per heavy atom. The van der Waals surface area contributed by atoms with Crippen molar-refractivity contribution in [1.82, 2.24) is 0 Å². The summed E-state index contributed by atoms with van der Waals surface area (Å²) in [4.78, 5) is 38.9. The van der Waals surface area contributed by atoms with Gasteiger partial charge < -0.3 is 10.1 Å². The zero-order chi connectivity index (χ0) is 20.5. The van der Waals surface area contributed by atoms with E-state index >= 15 is 0 Å². The number of amides is 3. The molecule has 6 nitrogen and oxygen atoms in total. The van der Waals surface area contributed by atoms with Crippen LogP contribution in [0, 0.1) is 6.92 Å². The van der Waals surface area contributed by atoms with Gasteiger partial charge in [-0.25, -0.2) is 4.90 Å². The molecule has 144 valence electrons. The number of rotatable bonds is 4. The Hall–Kier alpha value is -3.93. The maximum absolute atomic E-state index is 12.6. The molecule has 1 aliphatic heterocycles. The maximum Gasteiger partial charge on any atom is 0.266 e. The number of benzene rings is 3. The first-order valence-corrected chi connectivity index (χ1v) is 9.04. The summed E-state index contributed by atoms with van der Waals surface area (Å²) in [7, 11) is 1.52. The van der Waals surface area contributed by atoms with Crippen molar-refractivity contribution in [3.05, 3.63) is 89.0 Å². The quantitative estimate of drug-likeness (QED) is 0.686. The average molecular weight is 386 g/mol. The number of fused-ring (bicyclic) bond motifs is 1. The Balaban J connectivity index is 1.55. The van der Waals surface area contributed by atoms with E-state index in [0.29, 0.717) is 33.8 Å². The summed E-state index contributed by atoms with van der Waals surface area (Å²) < 4.78 is 5.33. The van der Waals surface area contributed by atoms with E-state index in [4.69, 9.17) is 4.74 Å². The Morgan fingerprint density at radius 3 is 2.07 bits per heavy atom. The van der Waals surface area contributed by atoms with Crippen molar-refractivity contribution in [2.45, 2.75) is 6.92 Å². The third-order valence-corrected chi connectivity index (χ3v) is 4.84. The molecular formula is C23H18N2O4. The van der Waals surface area contributed by atoms with Crippen LogP contribution in [0.25, 0.3) is 0 Å². The molecule has 0 aliphatic carbocycles. The monoisotopic (exact) mass is 386 g/mol. The number of nitrogens with zero attached hydrogens (tertiary/aromatic N) is 1. The van der Waals surface area contributed by atoms with Crippen LogP contribution in [-0.4, -0.2) is 24.8 Å². The molecule has 3 aromatic rings. The summed E-state index contributed by atoms with van der Waals surface area (Å²) in [5.74, 6) is -0.495. The second-order valence-electron chi connectivity index (χ2n) is 6.65. The highest BCUT2D eigenvalue weighted by Gasteiger charge is 2.36. The van der Waals surface area contributed by atoms with Crippen LogP contribution in [-0.2, 0) is 0 Å². The molecular weight excluding hydrogens is 368 g/mol. The molecule has 29 heavy (non-hydrogen) atoms. The van der Waals surface area contributed by atoms with Gasteiger partial charge in [0.15, 0.2) is 0 Å². The molecule has 6 heteroatoms. The standard InChI is InChI=1S/C23H18N2O4/c1-14-6-5-9-19(20(14)29-2)21(26)24-15-10-12-16(13-11-15)25-22(27)17-7-3-4-8-18(17)23(25)28/h3-13H,1-2H3,(H,24,26). The van der Waals surface area contributed by atoms with Crippen LogP contribution in [0.3, 0.4) is 0 Å². The largest absolute Gasteiger partial charge is 0.496 e. The highest BCUT2D eigenvalue weighted by atomic mass is 16.5. The van der Waals surface area contributed by atoms with Gasteiger partial charge in [-0.1, -0.05) is 24.3 Å². The number of para-hydroxylation sites is 1. The summed E-state index contributed by atoms with van der Waals surface area (Å²) in [5.41, 5.74) is 3.06. The fourth-order valence-electron chi connectivity index (χ4n) is 3.42. The van der Waals surface area contributed by atoms with Gasteiger partial charge in [0.05, 0.1) is 29.5 Å². The molecule has 0 radical (unpaired) electrons. The molecule has 3 aromatic carbocycles. The van der Waals surface area contributed by atoms with Crippen molar-refractivity contribution >= 4 is 29.1 Å². The first kappa shape index (κ1) is 18.4. The third kappa shape index (κ3) is 3.14. The topological polar surface area (TPSA) is 75.7 Å². The highest BCUT2D eigenvalue weighted by molar-refractivity contribution is 6.34. The number of nitrogens with one attached hydrogen (secondary N) is 1. The number of aryl methyl sites for hydroxylation is 1. The molecule has 0 bridgehead atoms. The molecule has 1 aliphatic rings. The molecule has 0 aromatic heterocycles. The lowest BCUT2D eigenvalue weighted by Gasteiger charge is -2.15. The molecule has 0 fully saturated rings. The van der Waals surface area contributed by atoms with Crippen molar-refractivity contribution in [2.24, 2.45) is 0 Å². The Kier molecular flexibility index (Phi) is 4.60. The molecule has 0 spiro atoms. The molecule has 0 saturated carbocycles. The van der Waals surface area contributed by atoms with E-state index < -0.39 is 0 Å². The maximum atomic E-state index is 12.6. The van der Waals surface area contributed by atoms with E-state index in [1.807, 2.05) is 13.0 Å². The van der Waals surface area contributed by atoms with Crippen LogP contribution in [0.1, 0.15) is 36.6 Å². The van der Waals surface area contributed by atoms with Crippen LogP contribution >= 0.6 is 0 Å². The number of methoxy groups -OCH3 is 1. The minimum Gasteiger partial charge on any atom is -0.496 e. The van der Waals surface area contributed by atoms with Crippen molar-refractivity contribution in [3.8, 4) is 5.75 Å².